The van der Waals surface area contributed by atoms with Crippen molar-refractivity contribution in [3.63, 3.8) is 0 Å². The Bertz CT molecular complexity index is 1330. The van der Waals surface area contributed by atoms with E-state index in [0.29, 0.717) is 12.5 Å². The van der Waals surface area contributed by atoms with Crippen LogP contribution >= 0.6 is 0 Å². The molecule has 0 aromatic heterocycles. The Balaban J connectivity index is 1.57. The lowest BCUT2D eigenvalue weighted by Crippen LogP contribution is -2.30. The number of hydrogen-bond donors (Lipinski definition) is 0. The monoisotopic (exact) mass is 470 g/mol. The third kappa shape index (κ3) is 4.49. The van der Waals surface area contributed by atoms with Gasteiger partial charge in [0.1, 0.15) is 12.3 Å². The Kier molecular flexibility index (Phi) is 6.21. The molecular formula is C33H30N2O. The van der Waals surface area contributed by atoms with Gasteiger partial charge < -0.3 is 4.74 Å². The second-order valence-electron chi connectivity index (χ2n) is 9.75. The van der Waals surface area contributed by atoms with Gasteiger partial charge in [-0.05, 0) is 24.0 Å². The molecule has 0 saturated heterocycles. The third-order valence-electron chi connectivity index (χ3n) is 7.28. The molecule has 0 bridgehead atoms. The van der Waals surface area contributed by atoms with E-state index < -0.39 is 0 Å². The van der Waals surface area contributed by atoms with Gasteiger partial charge in [0, 0.05) is 16.7 Å². The lowest BCUT2D eigenvalue weighted by Gasteiger charge is -2.27. The first-order valence-electron chi connectivity index (χ1n) is 12.9. The molecule has 4 aromatic carbocycles. The molecule has 1 aliphatic carbocycles. The number of nitrogens with zero attached hydrogens (tertiary/aromatic N) is 2. The molecule has 1 spiro atoms. The van der Waals surface area contributed by atoms with Crippen molar-refractivity contribution in [1.82, 2.24) is 0 Å². The van der Waals surface area contributed by atoms with E-state index in [1.807, 2.05) is 18.2 Å². The molecule has 3 nitrogen and oxygen atoms in total. The number of para-hydroxylation sites is 1. The molecule has 2 aliphatic rings. The highest BCUT2D eigenvalue weighted by Gasteiger charge is 2.39. The molecule has 1 fully saturated rings. The van der Waals surface area contributed by atoms with Crippen LogP contribution in [0, 0.1) is 0 Å². The van der Waals surface area contributed by atoms with Gasteiger partial charge in [-0.15, -0.1) is 0 Å². The van der Waals surface area contributed by atoms with Crippen molar-refractivity contribution in [2.45, 2.75) is 37.6 Å². The quantitative estimate of drug-likeness (QED) is 0.270. The fraction of sp³-hybridized carbons (Fsp3) is 0.212. The van der Waals surface area contributed by atoms with E-state index in [2.05, 4.69) is 91.0 Å². The van der Waals surface area contributed by atoms with Gasteiger partial charge in [0.15, 0.2) is 0 Å². The van der Waals surface area contributed by atoms with Gasteiger partial charge in [-0.25, -0.2) is 9.98 Å². The van der Waals surface area contributed by atoms with E-state index in [-0.39, 0.29) is 5.54 Å². The summed E-state index contributed by atoms with van der Waals surface area (Å²) in [5.41, 5.74) is 7.13. The molecule has 0 atom stereocenters. The Morgan fingerprint density at radius 1 is 0.639 bits per heavy atom. The topological polar surface area (TPSA) is 34.0 Å². The molecule has 0 unspecified atom stereocenters. The van der Waals surface area contributed by atoms with E-state index in [4.69, 9.17) is 14.7 Å². The summed E-state index contributed by atoms with van der Waals surface area (Å²) in [7, 11) is 0. The Labute approximate surface area is 213 Å². The van der Waals surface area contributed by atoms with Crippen LogP contribution in [0.2, 0.25) is 0 Å². The van der Waals surface area contributed by atoms with Crippen LogP contribution in [0.25, 0.3) is 22.3 Å². The van der Waals surface area contributed by atoms with Crippen molar-refractivity contribution in [3.8, 4) is 22.3 Å². The van der Waals surface area contributed by atoms with Crippen molar-refractivity contribution in [1.29, 1.82) is 0 Å². The SMILES string of the molecule is c1ccc(/C(=N\c2c(-c3ccccc3)cccc2-c2ccccc2)C2=NC3(CCCCC3)CO2)cc1. The van der Waals surface area contributed by atoms with E-state index in [1.54, 1.807) is 0 Å². The zero-order valence-corrected chi connectivity index (χ0v) is 20.4. The highest BCUT2D eigenvalue weighted by molar-refractivity contribution is 6.46. The van der Waals surface area contributed by atoms with E-state index >= 15 is 0 Å². The first-order chi connectivity index (χ1) is 17.8. The summed E-state index contributed by atoms with van der Waals surface area (Å²) >= 11 is 0. The van der Waals surface area contributed by atoms with Gasteiger partial charge in [0.05, 0.1) is 11.2 Å². The molecule has 6 rings (SSSR count). The molecule has 1 heterocycles. The second-order valence-corrected chi connectivity index (χ2v) is 9.75. The largest absolute Gasteiger partial charge is 0.474 e. The minimum absolute atomic E-state index is 0.0929. The maximum atomic E-state index is 6.35. The lowest BCUT2D eigenvalue weighted by molar-refractivity contribution is 0.208. The van der Waals surface area contributed by atoms with Crippen molar-refractivity contribution < 1.29 is 4.74 Å². The van der Waals surface area contributed by atoms with Crippen LogP contribution in [0.15, 0.2) is 119 Å². The molecule has 0 N–H and O–H groups in total. The molecule has 36 heavy (non-hydrogen) atoms. The Morgan fingerprint density at radius 2 is 1.19 bits per heavy atom. The molecule has 4 aromatic rings. The summed E-state index contributed by atoms with van der Waals surface area (Å²) in [5.74, 6) is 0.671. The molecule has 0 radical (unpaired) electrons. The van der Waals surface area contributed by atoms with E-state index in [1.165, 1.54) is 19.3 Å². The normalized spacial score (nSPS) is 17.0. The maximum Gasteiger partial charge on any atom is 0.236 e. The molecule has 1 saturated carbocycles. The zero-order valence-electron chi connectivity index (χ0n) is 20.4. The van der Waals surface area contributed by atoms with Gasteiger partial charge in [0.2, 0.25) is 5.90 Å². The second kappa shape index (κ2) is 9.94. The van der Waals surface area contributed by atoms with Crippen LogP contribution in [0.1, 0.15) is 37.7 Å². The standard InChI is InChI=1S/C33H30N2O/c1-5-14-25(15-6-1)28-20-13-21-29(26-16-7-2-8-17-26)31(28)34-30(27-18-9-3-10-19-27)32-35-33(24-36-32)22-11-4-12-23-33/h1-3,5-10,13-21H,4,11-12,22-24H2/b34-30+. The van der Waals surface area contributed by atoms with Crippen LogP contribution in [-0.4, -0.2) is 23.8 Å². The maximum absolute atomic E-state index is 6.35. The van der Waals surface area contributed by atoms with Crippen molar-refractivity contribution >= 4 is 17.3 Å². The van der Waals surface area contributed by atoms with Crippen LogP contribution in [0.3, 0.4) is 0 Å². The van der Waals surface area contributed by atoms with Gasteiger partial charge in [-0.3, -0.25) is 0 Å². The molecule has 1 aliphatic heterocycles. The number of hydrogen-bond acceptors (Lipinski definition) is 3. The predicted octanol–water partition coefficient (Wildman–Crippen LogP) is 8.27. The van der Waals surface area contributed by atoms with Gasteiger partial charge in [-0.1, -0.05) is 128 Å². The average molecular weight is 471 g/mol. The van der Waals surface area contributed by atoms with Crippen LogP contribution in [-0.2, 0) is 4.74 Å². The van der Waals surface area contributed by atoms with Gasteiger partial charge in [0.25, 0.3) is 0 Å². The predicted molar refractivity (Wildman–Crippen MR) is 149 cm³/mol. The summed E-state index contributed by atoms with van der Waals surface area (Å²) in [5, 5.41) is 0. The Morgan fingerprint density at radius 3 is 1.78 bits per heavy atom. The summed E-state index contributed by atoms with van der Waals surface area (Å²) in [6.07, 6.45) is 5.90. The van der Waals surface area contributed by atoms with Gasteiger partial charge in [-0.2, -0.15) is 0 Å². The molecular weight excluding hydrogens is 440 g/mol. The highest BCUT2D eigenvalue weighted by atomic mass is 16.5. The highest BCUT2D eigenvalue weighted by Crippen LogP contribution is 2.41. The van der Waals surface area contributed by atoms with Crippen LogP contribution in [0.5, 0.6) is 0 Å². The minimum atomic E-state index is -0.0929. The summed E-state index contributed by atoms with van der Waals surface area (Å²) in [6.45, 7) is 0.653. The molecule has 0 amide bonds. The number of ether oxygens (including phenoxy) is 1. The molecule has 3 heteroatoms. The first-order valence-corrected chi connectivity index (χ1v) is 12.9. The number of rotatable bonds is 5. The average Bonchev–Trinajstić information content (AvgIpc) is 3.36. The van der Waals surface area contributed by atoms with E-state index in [9.17, 15) is 0 Å². The first kappa shape index (κ1) is 22.5. The summed E-state index contributed by atoms with van der Waals surface area (Å²) < 4.78 is 6.35. The van der Waals surface area contributed by atoms with Crippen molar-refractivity contribution in [3.05, 3.63) is 115 Å². The number of aliphatic imine (C=N–C) groups is 2. The van der Waals surface area contributed by atoms with Crippen molar-refractivity contribution in [2.24, 2.45) is 9.98 Å². The lowest BCUT2D eigenvalue weighted by atomic mass is 9.83. The van der Waals surface area contributed by atoms with Crippen LogP contribution in [0.4, 0.5) is 5.69 Å². The minimum Gasteiger partial charge on any atom is -0.474 e. The fourth-order valence-corrected chi connectivity index (χ4v) is 5.38. The smallest absolute Gasteiger partial charge is 0.236 e. The zero-order chi connectivity index (χ0) is 24.2. The number of benzene rings is 4. The third-order valence-corrected chi connectivity index (χ3v) is 7.28. The van der Waals surface area contributed by atoms with Crippen molar-refractivity contribution in [2.75, 3.05) is 6.61 Å². The summed E-state index contributed by atoms with van der Waals surface area (Å²) in [4.78, 5) is 10.6. The summed E-state index contributed by atoms with van der Waals surface area (Å²) in [6, 6.07) is 37.8. The fourth-order valence-electron chi connectivity index (χ4n) is 5.38. The Hall–Kier alpha value is -3.98. The molecule has 178 valence electrons. The van der Waals surface area contributed by atoms with Crippen LogP contribution < -0.4 is 0 Å². The van der Waals surface area contributed by atoms with Gasteiger partial charge >= 0.3 is 0 Å². The van der Waals surface area contributed by atoms with E-state index in [0.717, 1.165) is 52.1 Å².